The first-order valence-corrected chi connectivity index (χ1v) is 11.5. The average Bonchev–Trinajstić information content (AvgIpc) is 3.07. The molecule has 2 amide bonds. The zero-order chi connectivity index (χ0) is 23.8. The summed E-state index contributed by atoms with van der Waals surface area (Å²) in [5.41, 5.74) is 2.25. The highest BCUT2D eigenvalue weighted by molar-refractivity contribution is 6.35. The second-order valence-corrected chi connectivity index (χ2v) is 8.04. The van der Waals surface area contributed by atoms with Crippen LogP contribution in [0.1, 0.15) is 50.7 Å². The number of imide groups is 1. The minimum absolute atomic E-state index is 0.0564. The molecule has 0 N–H and O–H groups in total. The first kappa shape index (κ1) is 24.1. The van der Waals surface area contributed by atoms with Crippen molar-refractivity contribution in [3.8, 4) is 0 Å². The molecule has 0 radical (unpaired) electrons. The van der Waals surface area contributed by atoms with Gasteiger partial charge in [0.1, 0.15) is 5.70 Å². The molecule has 0 saturated heterocycles. The standard InChI is InChI=1S/C25H30N4O4/c1-3-5-6-7-17-28-24(30)22(20-8-10-21(11-9-20)29(32)33)23(25(28)31)27(4-2)18-14-19-12-15-26-16-13-19/h8-13,15-16H,3-7,14,17-18H2,1-2H3. The summed E-state index contributed by atoms with van der Waals surface area (Å²) in [5, 5.41) is 11.1. The molecule has 0 fully saturated rings. The first-order valence-electron chi connectivity index (χ1n) is 11.5. The van der Waals surface area contributed by atoms with Gasteiger partial charge in [0, 0.05) is 44.2 Å². The average molecular weight is 451 g/mol. The summed E-state index contributed by atoms with van der Waals surface area (Å²) in [6, 6.07) is 9.71. The van der Waals surface area contributed by atoms with E-state index in [0.717, 1.165) is 31.2 Å². The number of carbonyl (C=O) groups excluding carboxylic acids is 2. The number of aromatic nitrogens is 1. The number of nitro groups is 1. The van der Waals surface area contributed by atoms with Gasteiger partial charge < -0.3 is 4.90 Å². The second-order valence-electron chi connectivity index (χ2n) is 8.04. The zero-order valence-electron chi connectivity index (χ0n) is 19.2. The van der Waals surface area contributed by atoms with Crippen LogP contribution in [-0.2, 0) is 16.0 Å². The molecular formula is C25H30N4O4. The highest BCUT2D eigenvalue weighted by Gasteiger charge is 2.40. The number of hydrogen-bond acceptors (Lipinski definition) is 6. The molecule has 0 bridgehead atoms. The van der Waals surface area contributed by atoms with Crippen LogP contribution in [0.25, 0.3) is 5.57 Å². The molecule has 0 unspecified atom stereocenters. The minimum Gasteiger partial charge on any atom is -0.366 e. The van der Waals surface area contributed by atoms with Gasteiger partial charge in [-0.05, 0) is 55.2 Å². The van der Waals surface area contributed by atoms with Crippen molar-refractivity contribution in [2.45, 2.75) is 46.0 Å². The van der Waals surface area contributed by atoms with Crippen molar-refractivity contribution in [3.63, 3.8) is 0 Å². The van der Waals surface area contributed by atoms with E-state index in [-0.39, 0.29) is 17.5 Å². The van der Waals surface area contributed by atoms with E-state index in [9.17, 15) is 19.7 Å². The number of amides is 2. The van der Waals surface area contributed by atoms with Crippen LogP contribution in [0.3, 0.4) is 0 Å². The Balaban J connectivity index is 1.93. The summed E-state index contributed by atoms with van der Waals surface area (Å²) in [5.74, 6) is -0.621. The number of likely N-dealkylation sites (N-methyl/N-ethyl adjacent to an activating group) is 1. The van der Waals surface area contributed by atoms with E-state index in [0.29, 0.717) is 42.9 Å². The maximum Gasteiger partial charge on any atom is 0.277 e. The Morgan fingerprint density at radius 3 is 2.27 bits per heavy atom. The fraction of sp³-hybridized carbons (Fsp3) is 0.400. The number of pyridine rings is 1. The van der Waals surface area contributed by atoms with E-state index in [4.69, 9.17) is 0 Å². The molecule has 3 rings (SSSR count). The van der Waals surface area contributed by atoms with Crippen molar-refractivity contribution < 1.29 is 14.5 Å². The summed E-state index contributed by atoms with van der Waals surface area (Å²) in [6.07, 6.45) is 8.00. The molecule has 2 aromatic rings. The lowest BCUT2D eigenvalue weighted by molar-refractivity contribution is -0.384. The number of rotatable bonds is 12. The van der Waals surface area contributed by atoms with E-state index in [1.54, 1.807) is 24.5 Å². The number of non-ortho nitro benzene ring substituents is 1. The summed E-state index contributed by atoms with van der Waals surface area (Å²) >= 11 is 0. The fourth-order valence-corrected chi connectivity index (χ4v) is 4.01. The molecular weight excluding hydrogens is 420 g/mol. The normalized spacial score (nSPS) is 13.7. The summed E-state index contributed by atoms with van der Waals surface area (Å²) < 4.78 is 0. The van der Waals surface area contributed by atoms with Gasteiger partial charge in [-0.25, -0.2) is 0 Å². The lowest BCUT2D eigenvalue weighted by Crippen LogP contribution is -2.36. The first-order chi connectivity index (χ1) is 16.0. The van der Waals surface area contributed by atoms with Gasteiger partial charge in [0.25, 0.3) is 17.5 Å². The Morgan fingerprint density at radius 1 is 0.970 bits per heavy atom. The zero-order valence-corrected chi connectivity index (χ0v) is 19.2. The number of nitrogens with zero attached hydrogens (tertiary/aromatic N) is 4. The van der Waals surface area contributed by atoms with Crippen molar-refractivity contribution in [1.29, 1.82) is 0 Å². The van der Waals surface area contributed by atoms with Crippen LogP contribution in [0.5, 0.6) is 0 Å². The molecule has 0 atom stereocenters. The Hall–Kier alpha value is -3.55. The van der Waals surface area contributed by atoms with Crippen LogP contribution in [0.15, 0.2) is 54.5 Å². The van der Waals surface area contributed by atoms with Crippen LogP contribution in [0.4, 0.5) is 5.69 Å². The van der Waals surface area contributed by atoms with E-state index < -0.39 is 4.92 Å². The third-order valence-electron chi connectivity index (χ3n) is 5.86. The van der Waals surface area contributed by atoms with Gasteiger partial charge in [-0.2, -0.15) is 0 Å². The van der Waals surface area contributed by atoms with Gasteiger partial charge in [0.15, 0.2) is 0 Å². The van der Waals surface area contributed by atoms with Crippen LogP contribution in [-0.4, -0.2) is 51.2 Å². The van der Waals surface area contributed by atoms with Crippen LogP contribution < -0.4 is 0 Å². The van der Waals surface area contributed by atoms with Crippen molar-refractivity contribution in [2.24, 2.45) is 0 Å². The molecule has 1 aliphatic heterocycles. The lowest BCUT2D eigenvalue weighted by Gasteiger charge is -2.25. The topological polar surface area (TPSA) is 96.7 Å². The monoisotopic (exact) mass is 450 g/mol. The number of unbranched alkanes of at least 4 members (excludes halogenated alkanes) is 3. The molecule has 0 spiro atoms. The molecule has 1 aromatic heterocycles. The Labute approximate surface area is 194 Å². The molecule has 8 heteroatoms. The molecule has 8 nitrogen and oxygen atoms in total. The third-order valence-corrected chi connectivity index (χ3v) is 5.86. The summed E-state index contributed by atoms with van der Waals surface area (Å²) in [4.78, 5) is 44.7. The highest BCUT2D eigenvalue weighted by atomic mass is 16.6. The van der Waals surface area contributed by atoms with Gasteiger partial charge in [0.05, 0.1) is 10.5 Å². The van der Waals surface area contributed by atoms with Crippen molar-refractivity contribution >= 4 is 23.1 Å². The lowest BCUT2D eigenvalue weighted by atomic mass is 10.0. The molecule has 0 aliphatic carbocycles. The van der Waals surface area contributed by atoms with Crippen molar-refractivity contribution in [2.75, 3.05) is 19.6 Å². The maximum atomic E-state index is 13.4. The Kier molecular flexibility index (Phi) is 8.29. The van der Waals surface area contributed by atoms with Crippen molar-refractivity contribution in [3.05, 3.63) is 75.7 Å². The number of carbonyl (C=O) groups is 2. The molecule has 174 valence electrons. The van der Waals surface area contributed by atoms with E-state index in [1.807, 2.05) is 24.0 Å². The number of nitro benzene ring substituents is 1. The molecule has 2 heterocycles. The maximum absolute atomic E-state index is 13.4. The van der Waals surface area contributed by atoms with Gasteiger partial charge >= 0.3 is 0 Å². The minimum atomic E-state index is -0.478. The van der Waals surface area contributed by atoms with E-state index in [2.05, 4.69) is 11.9 Å². The summed E-state index contributed by atoms with van der Waals surface area (Å²) in [7, 11) is 0. The smallest absolute Gasteiger partial charge is 0.277 e. The fourth-order valence-electron chi connectivity index (χ4n) is 4.01. The van der Waals surface area contributed by atoms with Gasteiger partial charge in [0.2, 0.25) is 0 Å². The molecule has 1 aromatic carbocycles. The quantitative estimate of drug-likeness (QED) is 0.208. The highest BCUT2D eigenvalue weighted by Crippen LogP contribution is 2.33. The van der Waals surface area contributed by atoms with Crippen LogP contribution in [0, 0.1) is 10.1 Å². The number of hydrogen-bond donors (Lipinski definition) is 0. The van der Waals surface area contributed by atoms with Gasteiger partial charge in [-0.15, -0.1) is 0 Å². The number of benzene rings is 1. The van der Waals surface area contributed by atoms with Gasteiger partial charge in [-0.1, -0.05) is 26.2 Å². The largest absolute Gasteiger partial charge is 0.366 e. The van der Waals surface area contributed by atoms with E-state index in [1.165, 1.54) is 17.0 Å². The van der Waals surface area contributed by atoms with Gasteiger partial charge in [-0.3, -0.25) is 29.6 Å². The molecule has 1 aliphatic rings. The van der Waals surface area contributed by atoms with Crippen LogP contribution in [0.2, 0.25) is 0 Å². The molecule has 33 heavy (non-hydrogen) atoms. The molecule has 0 saturated carbocycles. The van der Waals surface area contributed by atoms with Crippen LogP contribution >= 0.6 is 0 Å². The summed E-state index contributed by atoms with van der Waals surface area (Å²) in [6.45, 7) is 5.56. The second kappa shape index (κ2) is 11.4. The Morgan fingerprint density at radius 2 is 1.67 bits per heavy atom. The third kappa shape index (κ3) is 5.63. The predicted molar refractivity (Wildman–Crippen MR) is 126 cm³/mol. The van der Waals surface area contributed by atoms with Crippen molar-refractivity contribution in [1.82, 2.24) is 14.8 Å². The SMILES string of the molecule is CCCCCCN1C(=O)C(c2ccc([N+](=O)[O-])cc2)=C(N(CC)CCc2ccncc2)C1=O. The van der Waals surface area contributed by atoms with E-state index >= 15 is 0 Å². The predicted octanol–water partition coefficient (Wildman–Crippen LogP) is 4.21. The Bertz CT molecular complexity index is 1020.